The molecule has 0 bridgehead atoms. The van der Waals surface area contributed by atoms with Gasteiger partial charge in [0, 0.05) is 12.5 Å². The first-order chi connectivity index (χ1) is 9.02. The minimum atomic E-state index is -0.249. The molecule has 0 fully saturated rings. The number of nitrogens with zero attached hydrogens (tertiary/aromatic N) is 1. The Morgan fingerprint density at radius 3 is 2.84 bits per heavy atom. The van der Waals surface area contributed by atoms with Gasteiger partial charge in [0.1, 0.15) is 0 Å². The van der Waals surface area contributed by atoms with Crippen LogP contribution in [0, 0.1) is 0 Å². The maximum Gasteiger partial charge on any atom is 0.238 e. The normalized spacial score (nSPS) is 15.5. The summed E-state index contributed by atoms with van der Waals surface area (Å²) in [7, 11) is 0. The third-order valence-corrected chi connectivity index (χ3v) is 3.15. The summed E-state index contributed by atoms with van der Waals surface area (Å²) in [4.78, 5) is 25.3. The predicted octanol–water partition coefficient (Wildman–Crippen LogP) is 0.341. The molecule has 1 aliphatic rings. The van der Waals surface area contributed by atoms with Crippen molar-refractivity contribution in [3.63, 3.8) is 0 Å². The number of rotatable bonds is 4. The van der Waals surface area contributed by atoms with Crippen molar-refractivity contribution < 1.29 is 9.59 Å². The van der Waals surface area contributed by atoms with Gasteiger partial charge in [-0.05, 0) is 37.1 Å². The summed E-state index contributed by atoms with van der Waals surface area (Å²) in [6.45, 7) is 2.32. The number of anilines is 1. The highest BCUT2D eigenvalue weighted by atomic mass is 16.2. The molecule has 0 saturated carbocycles. The van der Waals surface area contributed by atoms with Crippen LogP contribution in [0.1, 0.15) is 24.5 Å². The summed E-state index contributed by atoms with van der Waals surface area (Å²) in [6, 6.07) is 5.45. The van der Waals surface area contributed by atoms with E-state index in [1.54, 1.807) is 6.92 Å². The van der Waals surface area contributed by atoms with Gasteiger partial charge < -0.3 is 11.5 Å². The Labute approximate surface area is 112 Å². The second-order valence-electron chi connectivity index (χ2n) is 4.98. The van der Waals surface area contributed by atoms with Gasteiger partial charge >= 0.3 is 0 Å². The van der Waals surface area contributed by atoms with Gasteiger partial charge in [-0.15, -0.1) is 0 Å². The summed E-state index contributed by atoms with van der Waals surface area (Å²) in [5, 5.41) is 0. The van der Waals surface area contributed by atoms with Gasteiger partial charge in [-0.3, -0.25) is 9.59 Å². The molecule has 1 aliphatic heterocycles. The molecule has 0 spiro atoms. The van der Waals surface area contributed by atoms with Crippen molar-refractivity contribution in [2.45, 2.75) is 32.2 Å². The van der Waals surface area contributed by atoms with E-state index in [-0.39, 0.29) is 30.7 Å². The quantitative estimate of drug-likeness (QED) is 0.818. The third-order valence-electron chi connectivity index (χ3n) is 3.15. The van der Waals surface area contributed by atoms with Crippen LogP contribution in [0.25, 0.3) is 0 Å². The SMILES string of the molecule is CC(N)CC(=O)N1C(=O)Cc2cc(CCN)ccc21. The van der Waals surface area contributed by atoms with Crippen LogP contribution in [0.5, 0.6) is 0 Å². The van der Waals surface area contributed by atoms with Crippen LogP contribution in [0.3, 0.4) is 0 Å². The number of hydrogen-bond acceptors (Lipinski definition) is 4. The smallest absolute Gasteiger partial charge is 0.238 e. The van der Waals surface area contributed by atoms with E-state index in [1.165, 1.54) is 4.90 Å². The van der Waals surface area contributed by atoms with E-state index in [2.05, 4.69) is 0 Å². The first-order valence-corrected chi connectivity index (χ1v) is 6.46. The summed E-state index contributed by atoms with van der Waals surface area (Å²) in [6.07, 6.45) is 1.23. The lowest BCUT2D eigenvalue weighted by molar-refractivity contribution is -0.125. The van der Waals surface area contributed by atoms with Crippen LogP contribution >= 0.6 is 0 Å². The molecule has 2 amide bonds. The Hall–Kier alpha value is -1.72. The Morgan fingerprint density at radius 2 is 2.21 bits per heavy atom. The third kappa shape index (κ3) is 2.83. The van der Waals surface area contributed by atoms with Crippen LogP contribution in [0.4, 0.5) is 5.69 Å². The minimum Gasteiger partial charge on any atom is -0.330 e. The van der Waals surface area contributed by atoms with E-state index in [4.69, 9.17) is 11.5 Å². The van der Waals surface area contributed by atoms with Crippen molar-refractivity contribution in [2.75, 3.05) is 11.4 Å². The molecular weight excluding hydrogens is 242 g/mol. The van der Waals surface area contributed by atoms with E-state index in [0.29, 0.717) is 12.2 Å². The van der Waals surface area contributed by atoms with Crippen LogP contribution in [0.15, 0.2) is 18.2 Å². The molecular formula is C14H19N3O2. The minimum absolute atomic E-state index is 0.175. The Morgan fingerprint density at radius 1 is 1.47 bits per heavy atom. The van der Waals surface area contributed by atoms with Gasteiger partial charge in [-0.2, -0.15) is 0 Å². The summed E-state index contributed by atoms with van der Waals surface area (Å²) < 4.78 is 0. The van der Waals surface area contributed by atoms with E-state index in [1.807, 2.05) is 18.2 Å². The first-order valence-electron chi connectivity index (χ1n) is 6.46. The lowest BCUT2D eigenvalue weighted by Crippen LogP contribution is -2.37. The fourth-order valence-corrected chi connectivity index (χ4v) is 2.34. The molecule has 0 aliphatic carbocycles. The highest BCUT2D eigenvalue weighted by Gasteiger charge is 2.32. The number of carbonyl (C=O) groups excluding carboxylic acids is 2. The second kappa shape index (κ2) is 5.50. The Bertz CT molecular complexity index is 511. The summed E-state index contributed by atoms with van der Waals surface area (Å²) in [5.74, 6) is -0.407. The number of imide groups is 1. The first kappa shape index (κ1) is 13.7. The second-order valence-corrected chi connectivity index (χ2v) is 4.98. The van der Waals surface area contributed by atoms with Gasteiger partial charge in [0.05, 0.1) is 12.1 Å². The number of nitrogens with two attached hydrogens (primary N) is 2. The lowest BCUT2D eigenvalue weighted by atomic mass is 10.1. The molecule has 5 heteroatoms. The molecule has 1 unspecified atom stereocenters. The Kier molecular flexibility index (Phi) is 3.97. The number of fused-ring (bicyclic) bond motifs is 1. The van der Waals surface area contributed by atoms with Gasteiger partial charge in [-0.25, -0.2) is 4.90 Å². The molecule has 1 aromatic rings. The lowest BCUT2D eigenvalue weighted by Gasteiger charge is -2.17. The van der Waals surface area contributed by atoms with Crippen molar-refractivity contribution in [1.29, 1.82) is 0 Å². The molecule has 0 radical (unpaired) electrons. The number of hydrogen-bond donors (Lipinski definition) is 2. The van der Waals surface area contributed by atoms with Crippen molar-refractivity contribution in [2.24, 2.45) is 11.5 Å². The molecule has 102 valence electrons. The van der Waals surface area contributed by atoms with Gasteiger partial charge in [0.25, 0.3) is 0 Å². The van der Waals surface area contributed by atoms with Crippen molar-refractivity contribution >= 4 is 17.5 Å². The van der Waals surface area contributed by atoms with E-state index in [9.17, 15) is 9.59 Å². The molecule has 1 heterocycles. The van der Waals surface area contributed by atoms with Crippen LogP contribution in [0.2, 0.25) is 0 Å². The highest BCUT2D eigenvalue weighted by molar-refractivity contribution is 6.19. The van der Waals surface area contributed by atoms with Gasteiger partial charge in [-0.1, -0.05) is 12.1 Å². The number of carbonyl (C=O) groups is 2. The van der Waals surface area contributed by atoms with Crippen LogP contribution in [-0.4, -0.2) is 24.4 Å². The van der Waals surface area contributed by atoms with E-state index >= 15 is 0 Å². The fraction of sp³-hybridized carbons (Fsp3) is 0.429. The van der Waals surface area contributed by atoms with E-state index < -0.39 is 0 Å². The topological polar surface area (TPSA) is 89.4 Å². The molecule has 19 heavy (non-hydrogen) atoms. The van der Waals surface area contributed by atoms with Gasteiger partial charge in [0.2, 0.25) is 11.8 Å². The number of benzene rings is 1. The standard InChI is InChI=1S/C14H19N3O2/c1-9(16)6-13(18)17-12-3-2-10(4-5-15)7-11(12)8-14(17)19/h2-3,7,9H,4-6,8,15-16H2,1H3. The van der Waals surface area contributed by atoms with E-state index in [0.717, 1.165) is 17.5 Å². The number of amides is 2. The zero-order chi connectivity index (χ0) is 14.0. The summed E-state index contributed by atoms with van der Waals surface area (Å²) >= 11 is 0. The highest BCUT2D eigenvalue weighted by Crippen LogP contribution is 2.30. The summed E-state index contributed by atoms with van der Waals surface area (Å²) in [5.41, 5.74) is 13.8. The molecule has 1 aromatic carbocycles. The maximum atomic E-state index is 12.0. The molecule has 2 rings (SSSR count). The van der Waals surface area contributed by atoms with Crippen molar-refractivity contribution in [1.82, 2.24) is 0 Å². The Balaban J connectivity index is 2.26. The van der Waals surface area contributed by atoms with Crippen molar-refractivity contribution in [3.8, 4) is 0 Å². The van der Waals surface area contributed by atoms with Gasteiger partial charge in [0.15, 0.2) is 0 Å². The molecule has 0 saturated heterocycles. The molecule has 4 N–H and O–H groups in total. The molecule has 5 nitrogen and oxygen atoms in total. The zero-order valence-electron chi connectivity index (χ0n) is 11.1. The molecule has 1 atom stereocenters. The fourth-order valence-electron chi connectivity index (χ4n) is 2.34. The monoisotopic (exact) mass is 261 g/mol. The maximum absolute atomic E-state index is 12.0. The zero-order valence-corrected chi connectivity index (χ0v) is 11.1. The molecule has 0 aromatic heterocycles. The van der Waals surface area contributed by atoms with Crippen LogP contribution < -0.4 is 16.4 Å². The largest absolute Gasteiger partial charge is 0.330 e. The van der Waals surface area contributed by atoms with Crippen LogP contribution in [-0.2, 0) is 22.4 Å². The average molecular weight is 261 g/mol. The van der Waals surface area contributed by atoms with Crippen molar-refractivity contribution in [3.05, 3.63) is 29.3 Å². The predicted molar refractivity (Wildman–Crippen MR) is 73.7 cm³/mol. The average Bonchev–Trinajstić information content (AvgIpc) is 2.63.